The van der Waals surface area contributed by atoms with Crippen LogP contribution in [0.4, 0.5) is 4.39 Å². The van der Waals surface area contributed by atoms with Crippen molar-refractivity contribution in [3.8, 4) is 0 Å². The second-order valence-electron chi connectivity index (χ2n) is 4.43. The van der Waals surface area contributed by atoms with E-state index in [1.54, 1.807) is 26.2 Å². The maximum atomic E-state index is 13.6. The van der Waals surface area contributed by atoms with Crippen LogP contribution in [0.5, 0.6) is 0 Å². The van der Waals surface area contributed by atoms with Gasteiger partial charge in [-0.25, -0.2) is 4.39 Å². The van der Waals surface area contributed by atoms with Gasteiger partial charge in [-0.2, -0.15) is 0 Å². The Kier molecular flexibility index (Phi) is 5.05. The van der Waals surface area contributed by atoms with E-state index in [2.05, 4.69) is 5.32 Å². The first-order chi connectivity index (χ1) is 7.97. The monoisotopic (exact) mass is 241 g/mol. The predicted molar refractivity (Wildman–Crippen MR) is 65.5 cm³/mol. The highest BCUT2D eigenvalue weighted by Crippen LogP contribution is 2.23. The summed E-state index contributed by atoms with van der Waals surface area (Å²) in [7, 11) is 1.61. The number of nitrogens with one attached hydrogen (secondary N) is 1. The highest BCUT2D eigenvalue weighted by atomic mass is 19.1. The topological polar surface area (TPSA) is 41.5 Å². The molecular formula is C13H20FNO2. The van der Waals surface area contributed by atoms with Crippen molar-refractivity contribution in [2.45, 2.75) is 19.4 Å². The van der Waals surface area contributed by atoms with Gasteiger partial charge in [0, 0.05) is 25.8 Å². The number of hydrogen-bond donors (Lipinski definition) is 2. The maximum absolute atomic E-state index is 13.6. The number of methoxy groups -OCH3 is 1. The molecule has 96 valence electrons. The molecule has 0 radical (unpaired) electrons. The summed E-state index contributed by atoms with van der Waals surface area (Å²) in [6, 6.07) is 4.74. The first kappa shape index (κ1) is 14.1. The first-order valence-corrected chi connectivity index (χ1v) is 5.66. The van der Waals surface area contributed by atoms with Crippen LogP contribution in [-0.2, 0) is 10.3 Å². The third-order valence-corrected chi connectivity index (χ3v) is 2.65. The normalized spacial score (nSPS) is 14.6. The van der Waals surface area contributed by atoms with Crippen molar-refractivity contribution in [2.75, 3.05) is 26.8 Å². The average Bonchev–Trinajstić information content (AvgIpc) is 2.28. The second-order valence-corrected chi connectivity index (χ2v) is 4.43. The zero-order valence-corrected chi connectivity index (χ0v) is 10.6. The zero-order valence-electron chi connectivity index (χ0n) is 10.6. The minimum atomic E-state index is -1.22. The zero-order chi connectivity index (χ0) is 12.9. The van der Waals surface area contributed by atoms with Crippen LogP contribution < -0.4 is 5.32 Å². The number of ether oxygens (including phenoxy) is 1. The molecule has 0 saturated heterocycles. The van der Waals surface area contributed by atoms with Gasteiger partial charge in [0.2, 0.25) is 0 Å². The highest BCUT2D eigenvalue weighted by Gasteiger charge is 2.26. The van der Waals surface area contributed by atoms with Crippen molar-refractivity contribution in [1.82, 2.24) is 5.32 Å². The van der Waals surface area contributed by atoms with E-state index in [0.29, 0.717) is 18.7 Å². The standard InChI is InChI=1S/C13H20FNO2/c1-10-4-5-12(14)11(8-10)13(2,16)9-15-6-7-17-3/h4-5,8,15-16H,6-7,9H2,1-3H3. The summed E-state index contributed by atoms with van der Waals surface area (Å²) < 4.78 is 18.5. The van der Waals surface area contributed by atoms with Gasteiger partial charge in [-0.05, 0) is 19.9 Å². The van der Waals surface area contributed by atoms with E-state index in [1.807, 2.05) is 6.92 Å². The Bertz CT molecular complexity index is 366. The molecule has 1 unspecified atom stereocenters. The molecule has 0 aliphatic rings. The molecule has 2 N–H and O–H groups in total. The quantitative estimate of drug-likeness (QED) is 0.743. The summed E-state index contributed by atoms with van der Waals surface area (Å²) in [4.78, 5) is 0. The van der Waals surface area contributed by atoms with Crippen LogP contribution in [0.2, 0.25) is 0 Å². The molecule has 0 amide bonds. The number of aliphatic hydroxyl groups is 1. The molecule has 1 rings (SSSR count). The summed E-state index contributed by atoms with van der Waals surface area (Å²) in [6.07, 6.45) is 0. The van der Waals surface area contributed by atoms with Gasteiger partial charge in [-0.1, -0.05) is 17.7 Å². The lowest BCUT2D eigenvalue weighted by Gasteiger charge is -2.25. The van der Waals surface area contributed by atoms with Gasteiger partial charge in [-0.3, -0.25) is 0 Å². The molecule has 4 heteroatoms. The first-order valence-electron chi connectivity index (χ1n) is 5.66. The van der Waals surface area contributed by atoms with E-state index in [-0.39, 0.29) is 12.4 Å². The minimum absolute atomic E-state index is 0.288. The Morgan fingerprint density at radius 3 is 2.82 bits per heavy atom. The molecule has 1 aromatic carbocycles. The van der Waals surface area contributed by atoms with Crippen molar-refractivity contribution < 1.29 is 14.2 Å². The van der Waals surface area contributed by atoms with Crippen molar-refractivity contribution in [3.63, 3.8) is 0 Å². The molecular weight excluding hydrogens is 221 g/mol. The molecule has 0 saturated carbocycles. The lowest BCUT2D eigenvalue weighted by molar-refractivity contribution is 0.0513. The fourth-order valence-electron chi connectivity index (χ4n) is 1.65. The molecule has 1 aromatic rings. The van der Waals surface area contributed by atoms with Crippen LogP contribution in [0.25, 0.3) is 0 Å². The van der Waals surface area contributed by atoms with Crippen molar-refractivity contribution in [3.05, 3.63) is 35.1 Å². The minimum Gasteiger partial charge on any atom is -0.384 e. The van der Waals surface area contributed by atoms with Gasteiger partial charge in [0.05, 0.1) is 6.61 Å². The van der Waals surface area contributed by atoms with Gasteiger partial charge >= 0.3 is 0 Å². The molecule has 17 heavy (non-hydrogen) atoms. The lowest BCUT2D eigenvalue weighted by atomic mass is 9.94. The molecule has 0 fully saturated rings. The van der Waals surface area contributed by atoms with E-state index in [9.17, 15) is 9.50 Å². The molecule has 0 aliphatic heterocycles. The van der Waals surface area contributed by atoms with E-state index < -0.39 is 5.60 Å². The third kappa shape index (κ3) is 4.07. The Morgan fingerprint density at radius 1 is 1.47 bits per heavy atom. The van der Waals surface area contributed by atoms with Crippen molar-refractivity contribution >= 4 is 0 Å². The summed E-state index contributed by atoms with van der Waals surface area (Å²) in [5.41, 5.74) is 0.0325. The molecule has 3 nitrogen and oxygen atoms in total. The number of halogens is 1. The van der Waals surface area contributed by atoms with Gasteiger partial charge < -0.3 is 15.2 Å². The van der Waals surface area contributed by atoms with E-state index in [4.69, 9.17) is 4.74 Å². The number of benzene rings is 1. The molecule has 0 aromatic heterocycles. The average molecular weight is 241 g/mol. The van der Waals surface area contributed by atoms with Gasteiger partial charge in [0.15, 0.2) is 0 Å². The number of hydrogen-bond acceptors (Lipinski definition) is 3. The van der Waals surface area contributed by atoms with Crippen LogP contribution in [0, 0.1) is 12.7 Å². The van der Waals surface area contributed by atoms with Crippen LogP contribution in [-0.4, -0.2) is 31.9 Å². The lowest BCUT2D eigenvalue weighted by Crippen LogP contribution is -2.37. The molecule has 0 aliphatic carbocycles. The Labute approximate surface area is 102 Å². The van der Waals surface area contributed by atoms with Crippen LogP contribution in [0.1, 0.15) is 18.1 Å². The van der Waals surface area contributed by atoms with E-state index >= 15 is 0 Å². The predicted octanol–water partition coefficient (Wildman–Crippen LogP) is 1.58. The van der Waals surface area contributed by atoms with Gasteiger partial charge in [0.1, 0.15) is 11.4 Å². The van der Waals surface area contributed by atoms with Gasteiger partial charge in [0.25, 0.3) is 0 Å². The van der Waals surface area contributed by atoms with E-state index in [0.717, 1.165) is 5.56 Å². The maximum Gasteiger partial charge on any atom is 0.129 e. The largest absolute Gasteiger partial charge is 0.384 e. The fourth-order valence-corrected chi connectivity index (χ4v) is 1.65. The number of aryl methyl sites for hydroxylation is 1. The molecule has 0 spiro atoms. The van der Waals surface area contributed by atoms with Gasteiger partial charge in [-0.15, -0.1) is 0 Å². The molecule has 0 heterocycles. The molecule has 1 atom stereocenters. The van der Waals surface area contributed by atoms with Crippen molar-refractivity contribution in [2.24, 2.45) is 0 Å². The Hall–Kier alpha value is -0.970. The van der Waals surface area contributed by atoms with Crippen LogP contribution in [0.15, 0.2) is 18.2 Å². The molecule has 0 bridgehead atoms. The number of rotatable bonds is 6. The third-order valence-electron chi connectivity index (χ3n) is 2.65. The van der Waals surface area contributed by atoms with Crippen LogP contribution in [0.3, 0.4) is 0 Å². The van der Waals surface area contributed by atoms with Crippen molar-refractivity contribution in [1.29, 1.82) is 0 Å². The fraction of sp³-hybridized carbons (Fsp3) is 0.538. The van der Waals surface area contributed by atoms with Crippen LogP contribution >= 0.6 is 0 Å². The highest BCUT2D eigenvalue weighted by molar-refractivity contribution is 5.29. The SMILES string of the molecule is COCCNCC(C)(O)c1cc(C)ccc1F. The summed E-state index contributed by atoms with van der Waals surface area (Å²) >= 11 is 0. The summed E-state index contributed by atoms with van der Waals surface area (Å²) in [5.74, 6) is -0.380. The van der Waals surface area contributed by atoms with E-state index in [1.165, 1.54) is 6.07 Å². The Morgan fingerprint density at radius 2 is 2.18 bits per heavy atom. The summed E-state index contributed by atoms with van der Waals surface area (Å²) in [6.45, 7) is 4.95. The summed E-state index contributed by atoms with van der Waals surface area (Å²) in [5, 5.41) is 13.3. The smallest absolute Gasteiger partial charge is 0.129 e. The second kappa shape index (κ2) is 6.10. The Balaban J connectivity index is 2.71.